The zero-order valence-corrected chi connectivity index (χ0v) is 12.1. The summed E-state index contributed by atoms with van der Waals surface area (Å²) in [6.07, 6.45) is 1.82. The summed E-state index contributed by atoms with van der Waals surface area (Å²) in [5.41, 5.74) is 2.12. The van der Waals surface area contributed by atoms with E-state index in [9.17, 15) is 4.79 Å². The molecule has 1 atom stereocenters. The Kier molecular flexibility index (Phi) is 3.89. The Labute approximate surface area is 122 Å². The normalized spacial score (nSPS) is 18.9. The molecule has 0 aliphatic carbocycles. The molecule has 1 fully saturated rings. The van der Waals surface area contributed by atoms with Gasteiger partial charge in [0.1, 0.15) is 5.37 Å². The number of benzene rings is 1. The lowest BCUT2D eigenvalue weighted by Gasteiger charge is -2.24. The average molecular weight is 288 g/mol. The number of ether oxygens (including phenoxy) is 1. The third-order valence-electron chi connectivity index (χ3n) is 3.45. The average Bonchev–Trinajstić information content (AvgIpc) is 2.85. The molecule has 1 aromatic carbocycles. The van der Waals surface area contributed by atoms with Gasteiger partial charge in [0, 0.05) is 25.2 Å². The van der Waals surface area contributed by atoms with Crippen LogP contribution in [0.3, 0.4) is 0 Å². The molecule has 0 radical (unpaired) electrons. The number of fused-ring (bicyclic) bond motifs is 1. The molecule has 5 heteroatoms. The van der Waals surface area contributed by atoms with Gasteiger partial charge >= 0.3 is 0 Å². The number of pyridine rings is 1. The number of thioether (sulfide) groups is 1. The molecule has 1 unspecified atom stereocenters. The van der Waals surface area contributed by atoms with Crippen molar-refractivity contribution in [2.45, 2.75) is 5.37 Å². The highest BCUT2D eigenvalue weighted by molar-refractivity contribution is 8.00. The largest absolute Gasteiger partial charge is 0.383 e. The van der Waals surface area contributed by atoms with Crippen LogP contribution in [0.4, 0.5) is 0 Å². The molecule has 1 aliphatic heterocycles. The summed E-state index contributed by atoms with van der Waals surface area (Å²) >= 11 is 1.67. The first-order valence-electron chi connectivity index (χ1n) is 6.55. The molecule has 20 heavy (non-hydrogen) atoms. The van der Waals surface area contributed by atoms with E-state index in [4.69, 9.17) is 4.74 Å². The van der Waals surface area contributed by atoms with Crippen molar-refractivity contribution in [3.8, 4) is 0 Å². The van der Waals surface area contributed by atoms with E-state index in [0.717, 1.165) is 16.5 Å². The molecule has 1 amide bonds. The molecule has 2 heterocycles. The first kappa shape index (κ1) is 13.4. The molecule has 3 rings (SSSR count). The number of para-hydroxylation sites is 1. The van der Waals surface area contributed by atoms with E-state index in [-0.39, 0.29) is 11.3 Å². The van der Waals surface area contributed by atoms with Crippen LogP contribution < -0.4 is 0 Å². The van der Waals surface area contributed by atoms with Crippen LogP contribution in [0.25, 0.3) is 10.9 Å². The summed E-state index contributed by atoms with van der Waals surface area (Å²) in [5, 5.41) is 1.18. The Morgan fingerprint density at radius 3 is 3.10 bits per heavy atom. The maximum Gasteiger partial charge on any atom is 0.233 e. The van der Waals surface area contributed by atoms with Gasteiger partial charge in [-0.3, -0.25) is 9.78 Å². The highest BCUT2D eigenvalue weighted by Crippen LogP contribution is 2.40. The van der Waals surface area contributed by atoms with E-state index in [1.165, 1.54) is 0 Å². The molecule has 1 saturated heterocycles. The molecular weight excluding hydrogens is 272 g/mol. The second kappa shape index (κ2) is 5.81. The van der Waals surface area contributed by atoms with E-state index >= 15 is 0 Å². The van der Waals surface area contributed by atoms with Crippen molar-refractivity contribution in [3.05, 3.63) is 42.1 Å². The number of rotatable bonds is 4. The van der Waals surface area contributed by atoms with Gasteiger partial charge in [-0.15, -0.1) is 11.8 Å². The monoisotopic (exact) mass is 288 g/mol. The lowest BCUT2D eigenvalue weighted by atomic mass is 10.1. The van der Waals surface area contributed by atoms with E-state index in [0.29, 0.717) is 18.9 Å². The molecule has 0 N–H and O–H groups in total. The van der Waals surface area contributed by atoms with Crippen molar-refractivity contribution in [3.63, 3.8) is 0 Å². The fourth-order valence-electron chi connectivity index (χ4n) is 2.48. The van der Waals surface area contributed by atoms with Crippen LogP contribution in [0.1, 0.15) is 10.9 Å². The van der Waals surface area contributed by atoms with Crippen molar-refractivity contribution in [2.24, 2.45) is 0 Å². The first-order chi connectivity index (χ1) is 9.81. The van der Waals surface area contributed by atoms with Gasteiger partial charge in [-0.25, -0.2) is 0 Å². The molecular formula is C15H16N2O2S. The molecule has 4 nitrogen and oxygen atoms in total. The SMILES string of the molecule is COCCN1C(=O)CSC1c1ccnc2ccccc12. The Hall–Kier alpha value is -1.59. The maximum atomic E-state index is 12.0. The van der Waals surface area contributed by atoms with Gasteiger partial charge in [-0.05, 0) is 17.7 Å². The van der Waals surface area contributed by atoms with Gasteiger partial charge in [0.15, 0.2) is 0 Å². The summed E-state index contributed by atoms with van der Waals surface area (Å²) in [6.45, 7) is 1.19. The number of hydrogen-bond acceptors (Lipinski definition) is 4. The zero-order chi connectivity index (χ0) is 13.9. The molecule has 1 aromatic heterocycles. The molecule has 104 valence electrons. The molecule has 0 bridgehead atoms. The van der Waals surface area contributed by atoms with Gasteiger partial charge in [-0.2, -0.15) is 0 Å². The van der Waals surface area contributed by atoms with Gasteiger partial charge in [-0.1, -0.05) is 18.2 Å². The number of carbonyl (C=O) groups excluding carboxylic acids is 1. The summed E-state index contributed by atoms with van der Waals surface area (Å²) in [5.74, 6) is 0.711. The van der Waals surface area contributed by atoms with Gasteiger partial charge in [0.25, 0.3) is 0 Å². The lowest BCUT2D eigenvalue weighted by Crippen LogP contribution is -2.31. The van der Waals surface area contributed by atoms with Gasteiger partial charge in [0.05, 0.1) is 17.9 Å². The quantitative estimate of drug-likeness (QED) is 0.866. The predicted molar refractivity (Wildman–Crippen MR) is 80.5 cm³/mol. The number of nitrogens with zero attached hydrogens (tertiary/aromatic N) is 2. The van der Waals surface area contributed by atoms with Crippen molar-refractivity contribution in [1.29, 1.82) is 0 Å². The minimum atomic E-state index is 0.0607. The van der Waals surface area contributed by atoms with Crippen molar-refractivity contribution < 1.29 is 9.53 Å². The predicted octanol–water partition coefficient (Wildman–Crippen LogP) is 2.46. The fraction of sp³-hybridized carbons (Fsp3) is 0.333. The minimum absolute atomic E-state index is 0.0607. The smallest absolute Gasteiger partial charge is 0.233 e. The number of carbonyl (C=O) groups is 1. The van der Waals surface area contributed by atoms with Crippen LogP contribution in [-0.4, -0.2) is 41.8 Å². The van der Waals surface area contributed by atoms with Crippen LogP contribution in [0.2, 0.25) is 0 Å². The lowest BCUT2D eigenvalue weighted by molar-refractivity contribution is -0.128. The van der Waals surface area contributed by atoms with E-state index in [1.54, 1.807) is 18.9 Å². The Bertz CT molecular complexity index is 627. The van der Waals surface area contributed by atoms with Gasteiger partial charge in [0.2, 0.25) is 5.91 Å². The van der Waals surface area contributed by atoms with E-state index < -0.39 is 0 Å². The van der Waals surface area contributed by atoms with Crippen molar-refractivity contribution in [1.82, 2.24) is 9.88 Å². The fourth-order valence-corrected chi connectivity index (χ4v) is 3.73. The number of hydrogen-bond donors (Lipinski definition) is 0. The second-order valence-electron chi connectivity index (χ2n) is 4.66. The summed E-state index contributed by atoms with van der Waals surface area (Å²) in [7, 11) is 1.66. The van der Waals surface area contributed by atoms with E-state index in [2.05, 4.69) is 11.1 Å². The third kappa shape index (κ3) is 2.39. The van der Waals surface area contributed by atoms with Crippen LogP contribution in [0.5, 0.6) is 0 Å². The topological polar surface area (TPSA) is 42.4 Å². The standard InChI is InChI=1S/C15H16N2O2S/c1-19-9-8-17-14(18)10-20-15(17)12-6-7-16-13-5-3-2-4-11(12)13/h2-7,15H,8-10H2,1H3. The Morgan fingerprint density at radius 2 is 2.25 bits per heavy atom. The van der Waals surface area contributed by atoms with Crippen LogP contribution >= 0.6 is 11.8 Å². The number of amides is 1. The van der Waals surface area contributed by atoms with Crippen molar-refractivity contribution >= 4 is 28.6 Å². The van der Waals surface area contributed by atoms with Crippen LogP contribution in [0.15, 0.2) is 36.5 Å². The third-order valence-corrected chi connectivity index (χ3v) is 4.69. The van der Waals surface area contributed by atoms with E-state index in [1.807, 2.05) is 35.4 Å². The highest BCUT2D eigenvalue weighted by atomic mass is 32.2. The number of methoxy groups -OCH3 is 1. The Morgan fingerprint density at radius 1 is 1.40 bits per heavy atom. The van der Waals surface area contributed by atoms with Crippen LogP contribution in [0, 0.1) is 0 Å². The summed E-state index contributed by atoms with van der Waals surface area (Å²) < 4.78 is 5.11. The Balaban J connectivity index is 1.99. The minimum Gasteiger partial charge on any atom is -0.383 e. The van der Waals surface area contributed by atoms with Gasteiger partial charge < -0.3 is 9.64 Å². The second-order valence-corrected chi connectivity index (χ2v) is 5.73. The molecule has 0 saturated carbocycles. The zero-order valence-electron chi connectivity index (χ0n) is 11.3. The highest BCUT2D eigenvalue weighted by Gasteiger charge is 2.33. The summed E-state index contributed by atoms with van der Waals surface area (Å²) in [6, 6.07) is 10.1. The van der Waals surface area contributed by atoms with Crippen molar-refractivity contribution in [2.75, 3.05) is 26.0 Å². The molecule has 0 spiro atoms. The first-order valence-corrected chi connectivity index (χ1v) is 7.60. The molecule has 1 aliphatic rings. The maximum absolute atomic E-state index is 12.0. The van der Waals surface area contributed by atoms with Crippen LogP contribution in [-0.2, 0) is 9.53 Å². The molecule has 2 aromatic rings. The number of aromatic nitrogens is 1. The summed E-state index contributed by atoms with van der Waals surface area (Å²) in [4.78, 5) is 18.3.